The lowest BCUT2D eigenvalue weighted by Gasteiger charge is -2.08. The molecule has 9 heteroatoms. The average molecular weight is 361 g/mol. The summed E-state index contributed by atoms with van der Waals surface area (Å²) in [6.45, 7) is 2.03. The predicted octanol–water partition coefficient (Wildman–Crippen LogP) is 1.97. The Morgan fingerprint density at radius 2 is 2.00 bits per heavy atom. The molecule has 0 saturated carbocycles. The molecule has 27 heavy (non-hydrogen) atoms. The van der Waals surface area contributed by atoms with Gasteiger partial charge in [-0.15, -0.1) is 0 Å². The predicted molar refractivity (Wildman–Crippen MR) is 95.2 cm³/mol. The van der Waals surface area contributed by atoms with Crippen molar-refractivity contribution in [3.8, 4) is 22.9 Å². The summed E-state index contributed by atoms with van der Waals surface area (Å²) in [7, 11) is 1.84. The molecule has 0 radical (unpaired) electrons. The van der Waals surface area contributed by atoms with Crippen LogP contribution in [0, 0.1) is 11.3 Å². The van der Waals surface area contributed by atoms with Crippen LogP contribution in [0.1, 0.15) is 22.8 Å². The van der Waals surface area contributed by atoms with E-state index < -0.39 is 5.97 Å². The number of aryl methyl sites for hydroxylation is 1. The molecule has 0 aromatic carbocycles. The lowest BCUT2D eigenvalue weighted by atomic mass is 10.1. The van der Waals surface area contributed by atoms with Crippen LogP contribution in [0.3, 0.4) is 0 Å². The first-order valence-electron chi connectivity index (χ1n) is 8.23. The Kier molecular flexibility index (Phi) is 3.93. The summed E-state index contributed by atoms with van der Waals surface area (Å²) >= 11 is 0. The summed E-state index contributed by atoms with van der Waals surface area (Å²) in [6.07, 6.45) is 9.97. The fourth-order valence-corrected chi connectivity index (χ4v) is 2.86. The Bertz CT molecular complexity index is 1190. The first-order valence-corrected chi connectivity index (χ1v) is 8.23. The standard InChI is InChI=1S/C18H15N7O2/c1-3-27-18(26)15-8-21-24(11-15)16-4-12(14-7-20-23(2)9-14)10-25-17(16)13(5-19)6-22-25/h4,6-11H,3H2,1-2H3. The maximum absolute atomic E-state index is 12.0. The minimum atomic E-state index is -0.447. The SMILES string of the molecule is CCOC(=O)c1cnn(-c2cc(-c3cnn(C)c3)cn3ncc(C#N)c23)c1. The van der Waals surface area contributed by atoms with Gasteiger partial charge in [-0.3, -0.25) is 4.68 Å². The summed E-state index contributed by atoms with van der Waals surface area (Å²) in [5, 5.41) is 22.2. The van der Waals surface area contributed by atoms with Crippen LogP contribution in [0.5, 0.6) is 0 Å². The van der Waals surface area contributed by atoms with Crippen molar-refractivity contribution in [2.75, 3.05) is 6.61 Å². The first kappa shape index (κ1) is 16.5. The van der Waals surface area contributed by atoms with E-state index in [1.165, 1.54) is 12.4 Å². The van der Waals surface area contributed by atoms with E-state index in [1.54, 1.807) is 33.2 Å². The second-order valence-electron chi connectivity index (χ2n) is 5.87. The van der Waals surface area contributed by atoms with Gasteiger partial charge in [-0.2, -0.15) is 20.6 Å². The summed E-state index contributed by atoms with van der Waals surface area (Å²) < 4.78 is 9.89. The number of ether oxygens (including phenoxy) is 1. The number of hydrogen-bond donors (Lipinski definition) is 0. The van der Waals surface area contributed by atoms with Crippen LogP contribution in [-0.4, -0.2) is 41.8 Å². The molecule has 4 rings (SSSR count). The summed E-state index contributed by atoms with van der Waals surface area (Å²) in [6, 6.07) is 4.03. The molecule has 134 valence electrons. The molecule has 4 aromatic heterocycles. The normalized spacial score (nSPS) is 10.9. The highest BCUT2D eigenvalue weighted by atomic mass is 16.5. The lowest BCUT2D eigenvalue weighted by Crippen LogP contribution is -2.04. The number of nitriles is 1. The zero-order valence-electron chi connectivity index (χ0n) is 14.7. The van der Waals surface area contributed by atoms with E-state index in [0.717, 1.165) is 11.1 Å². The molecule has 0 spiro atoms. The smallest absolute Gasteiger partial charge is 0.341 e. The van der Waals surface area contributed by atoms with E-state index in [1.807, 2.05) is 25.5 Å². The monoisotopic (exact) mass is 361 g/mol. The van der Waals surface area contributed by atoms with Gasteiger partial charge in [-0.05, 0) is 13.0 Å². The molecular weight excluding hydrogens is 346 g/mol. The summed E-state index contributed by atoms with van der Waals surface area (Å²) in [4.78, 5) is 12.0. The third-order valence-electron chi connectivity index (χ3n) is 4.09. The number of esters is 1. The van der Waals surface area contributed by atoms with Crippen LogP contribution in [0.2, 0.25) is 0 Å². The van der Waals surface area contributed by atoms with E-state index in [4.69, 9.17) is 4.74 Å². The number of nitrogens with zero attached hydrogens (tertiary/aromatic N) is 7. The maximum atomic E-state index is 12.0. The van der Waals surface area contributed by atoms with E-state index in [-0.39, 0.29) is 6.61 Å². The van der Waals surface area contributed by atoms with Gasteiger partial charge in [-0.25, -0.2) is 14.0 Å². The second-order valence-corrected chi connectivity index (χ2v) is 5.87. The van der Waals surface area contributed by atoms with Crippen LogP contribution in [0.15, 0.2) is 43.2 Å². The van der Waals surface area contributed by atoms with Gasteiger partial charge in [0, 0.05) is 36.8 Å². The largest absolute Gasteiger partial charge is 0.462 e. The maximum Gasteiger partial charge on any atom is 0.341 e. The Morgan fingerprint density at radius 3 is 2.70 bits per heavy atom. The molecule has 0 aliphatic rings. The summed E-state index contributed by atoms with van der Waals surface area (Å²) in [5.74, 6) is -0.447. The van der Waals surface area contributed by atoms with E-state index in [9.17, 15) is 10.1 Å². The van der Waals surface area contributed by atoms with Crippen molar-refractivity contribution >= 4 is 11.5 Å². The molecule has 4 aromatic rings. The quantitative estimate of drug-likeness (QED) is 0.515. The molecule has 0 bridgehead atoms. The first-order chi connectivity index (χ1) is 13.1. The molecule has 0 N–H and O–H groups in total. The van der Waals surface area contributed by atoms with Crippen LogP contribution < -0.4 is 0 Å². The zero-order valence-corrected chi connectivity index (χ0v) is 14.7. The van der Waals surface area contributed by atoms with Crippen molar-refractivity contribution in [3.05, 3.63) is 54.4 Å². The molecule has 0 amide bonds. The molecule has 9 nitrogen and oxygen atoms in total. The topological polar surface area (TPSA) is 103 Å². The minimum Gasteiger partial charge on any atom is -0.462 e. The molecule has 0 unspecified atom stereocenters. The van der Waals surface area contributed by atoms with Gasteiger partial charge in [-0.1, -0.05) is 0 Å². The Morgan fingerprint density at radius 1 is 1.15 bits per heavy atom. The average Bonchev–Trinajstić information content (AvgIpc) is 3.40. The number of rotatable bonds is 4. The van der Waals surface area contributed by atoms with E-state index >= 15 is 0 Å². The van der Waals surface area contributed by atoms with Gasteiger partial charge in [0.2, 0.25) is 0 Å². The van der Waals surface area contributed by atoms with Gasteiger partial charge in [0.1, 0.15) is 11.6 Å². The fraction of sp³-hybridized carbons (Fsp3) is 0.167. The molecule has 0 atom stereocenters. The van der Waals surface area contributed by atoms with Crippen molar-refractivity contribution in [2.45, 2.75) is 6.92 Å². The number of fused-ring (bicyclic) bond motifs is 1. The molecule has 0 saturated heterocycles. The third kappa shape index (κ3) is 2.83. The number of aromatic nitrogens is 6. The Hall–Kier alpha value is -3.93. The van der Waals surface area contributed by atoms with E-state index in [2.05, 4.69) is 21.4 Å². The van der Waals surface area contributed by atoms with Crippen molar-refractivity contribution < 1.29 is 9.53 Å². The third-order valence-corrected chi connectivity index (χ3v) is 4.09. The van der Waals surface area contributed by atoms with Crippen LogP contribution >= 0.6 is 0 Å². The highest BCUT2D eigenvalue weighted by Crippen LogP contribution is 2.27. The molecular formula is C18H15N7O2. The Labute approximate surface area is 154 Å². The molecule has 0 aliphatic carbocycles. The highest BCUT2D eigenvalue weighted by molar-refractivity contribution is 5.89. The second kappa shape index (κ2) is 6.42. The molecule has 4 heterocycles. The highest BCUT2D eigenvalue weighted by Gasteiger charge is 2.17. The molecule has 0 aliphatic heterocycles. The number of carbonyl (C=O) groups is 1. The van der Waals surface area contributed by atoms with E-state index in [0.29, 0.717) is 22.3 Å². The fourth-order valence-electron chi connectivity index (χ4n) is 2.86. The minimum absolute atomic E-state index is 0.284. The molecule has 0 fully saturated rings. The van der Waals surface area contributed by atoms with Gasteiger partial charge in [0.15, 0.2) is 0 Å². The van der Waals surface area contributed by atoms with Crippen molar-refractivity contribution in [1.29, 1.82) is 5.26 Å². The van der Waals surface area contributed by atoms with Crippen LogP contribution in [0.4, 0.5) is 0 Å². The zero-order chi connectivity index (χ0) is 19.0. The van der Waals surface area contributed by atoms with Gasteiger partial charge < -0.3 is 4.74 Å². The lowest BCUT2D eigenvalue weighted by molar-refractivity contribution is 0.0526. The Balaban J connectivity index is 1.91. The van der Waals surface area contributed by atoms with Crippen LogP contribution in [-0.2, 0) is 11.8 Å². The van der Waals surface area contributed by atoms with Crippen LogP contribution in [0.25, 0.3) is 22.3 Å². The number of carbonyl (C=O) groups excluding carboxylic acids is 1. The van der Waals surface area contributed by atoms with Gasteiger partial charge >= 0.3 is 5.97 Å². The van der Waals surface area contributed by atoms with Crippen molar-refractivity contribution in [2.24, 2.45) is 7.05 Å². The number of pyridine rings is 1. The number of hydrogen-bond acceptors (Lipinski definition) is 6. The van der Waals surface area contributed by atoms with Crippen molar-refractivity contribution in [1.82, 2.24) is 29.2 Å². The summed E-state index contributed by atoms with van der Waals surface area (Å²) in [5.41, 5.74) is 3.72. The van der Waals surface area contributed by atoms with Gasteiger partial charge in [0.25, 0.3) is 0 Å². The van der Waals surface area contributed by atoms with Crippen molar-refractivity contribution in [3.63, 3.8) is 0 Å². The van der Waals surface area contributed by atoms with Gasteiger partial charge in [0.05, 0.1) is 42.0 Å².